The van der Waals surface area contributed by atoms with Crippen LogP contribution in [0.1, 0.15) is 12.8 Å². The summed E-state index contributed by atoms with van der Waals surface area (Å²) in [7, 11) is -3.63. The van der Waals surface area contributed by atoms with Gasteiger partial charge in [-0.1, -0.05) is 11.8 Å². The second kappa shape index (κ2) is 7.44. The van der Waals surface area contributed by atoms with Gasteiger partial charge in [0.2, 0.25) is 10.0 Å². The Hall–Kier alpha value is -1.35. The molecule has 0 aliphatic rings. The van der Waals surface area contributed by atoms with E-state index in [1.54, 1.807) is 0 Å². The average molecular weight is 325 g/mol. The Morgan fingerprint density at radius 2 is 1.90 bits per heavy atom. The number of hydrogen-bond donors (Lipinski definition) is 2. The number of carboxylic acid groups (broad SMARTS) is 1. The van der Waals surface area contributed by atoms with Gasteiger partial charge in [0.15, 0.2) is 0 Å². The third-order valence-corrected chi connectivity index (χ3v) is 4.25. The number of rotatable bonds is 8. The molecule has 0 fully saturated rings. The number of aliphatic carboxylic acids is 1. The molecule has 0 aliphatic heterocycles. The molecule has 20 heavy (non-hydrogen) atoms. The number of sulfonamides is 1. The smallest absolute Gasteiger partial charge is 0.303 e. The predicted molar refractivity (Wildman–Crippen MR) is 72.6 cm³/mol. The van der Waals surface area contributed by atoms with E-state index in [1.807, 2.05) is 0 Å². The second-order valence-corrected chi connectivity index (χ2v) is 6.73. The lowest BCUT2D eigenvalue weighted by Crippen LogP contribution is -2.17. The van der Waals surface area contributed by atoms with Gasteiger partial charge >= 0.3 is 5.97 Å². The minimum Gasteiger partial charge on any atom is -0.481 e. The molecule has 0 amide bonds. The van der Waals surface area contributed by atoms with E-state index in [9.17, 15) is 22.0 Å². The molecule has 0 aromatic heterocycles. The van der Waals surface area contributed by atoms with Crippen molar-refractivity contribution < 1.29 is 27.1 Å². The maximum atomic E-state index is 12.1. The number of nitrogens with one attached hydrogen (secondary N) is 1. The fourth-order valence-corrected chi connectivity index (χ4v) is 2.97. The molecule has 0 saturated heterocycles. The van der Waals surface area contributed by atoms with E-state index in [0.717, 1.165) is 0 Å². The third-order valence-electron chi connectivity index (χ3n) is 2.16. The minimum absolute atomic E-state index is 0.00395. The van der Waals surface area contributed by atoms with Crippen molar-refractivity contribution in [1.29, 1.82) is 0 Å². The zero-order valence-corrected chi connectivity index (χ0v) is 11.9. The van der Waals surface area contributed by atoms with Gasteiger partial charge in [-0.2, -0.15) is 8.78 Å². The highest BCUT2D eigenvalue weighted by Gasteiger charge is 2.12. The first-order chi connectivity index (χ1) is 9.28. The second-order valence-electron chi connectivity index (χ2n) is 3.82. The molecule has 0 bridgehead atoms. The molecular weight excluding hydrogens is 312 g/mol. The van der Waals surface area contributed by atoms with Gasteiger partial charge in [-0.3, -0.25) is 9.52 Å². The fourth-order valence-electron chi connectivity index (χ4n) is 1.35. The lowest BCUT2D eigenvalue weighted by Gasteiger charge is -2.08. The van der Waals surface area contributed by atoms with Gasteiger partial charge in [0, 0.05) is 17.0 Å². The van der Waals surface area contributed by atoms with E-state index >= 15 is 0 Å². The molecule has 0 atom stereocenters. The summed E-state index contributed by atoms with van der Waals surface area (Å²) >= 11 is 0.366. The molecule has 1 aromatic rings. The van der Waals surface area contributed by atoms with Crippen molar-refractivity contribution >= 4 is 33.4 Å². The van der Waals surface area contributed by atoms with Crippen LogP contribution in [-0.2, 0) is 14.8 Å². The van der Waals surface area contributed by atoms with Crippen LogP contribution in [0.3, 0.4) is 0 Å². The molecule has 0 spiro atoms. The van der Waals surface area contributed by atoms with Gasteiger partial charge in [0.05, 0.1) is 5.75 Å². The summed E-state index contributed by atoms with van der Waals surface area (Å²) in [5.74, 6) is -3.91. The zero-order chi connectivity index (χ0) is 15.2. The van der Waals surface area contributed by atoms with Gasteiger partial charge < -0.3 is 5.11 Å². The quantitative estimate of drug-likeness (QED) is 0.718. The monoisotopic (exact) mass is 325 g/mol. The number of alkyl halides is 2. The minimum atomic E-state index is -3.63. The van der Waals surface area contributed by atoms with Crippen LogP contribution in [0.25, 0.3) is 0 Å². The molecule has 0 heterocycles. The Labute approximate surface area is 119 Å². The summed E-state index contributed by atoms with van der Waals surface area (Å²) in [5.41, 5.74) is 0.249. The van der Waals surface area contributed by atoms with E-state index in [1.165, 1.54) is 24.3 Å². The van der Waals surface area contributed by atoms with Crippen LogP contribution in [0.2, 0.25) is 0 Å². The highest BCUT2D eigenvalue weighted by molar-refractivity contribution is 7.99. The summed E-state index contributed by atoms with van der Waals surface area (Å²) < 4.78 is 49.7. The Balaban J connectivity index is 2.56. The first-order valence-electron chi connectivity index (χ1n) is 5.56. The maximum Gasteiger partial charge on any atom is 0.303 e. The van der Waals surface area contributed by atoms with E-state index in [2.05, 4.69) is 4.72 Å². The number of carboxylic acids is 1. The number of thioether (sulfide) groups is 1. The van der Waals surface area contributed by atoms with E-state index in [-0.39, 0.29) is 24.3 Å². The molecule has 1 rings (SSSR count). The lowest BCUT2D eigenvalue weighted by atomic mass is 10.3. The summed E-state index contributed by atoms with van der Waals surface area (Å²) in [6.45, 7) is 0. The molecule has 1 aromatic carbocycles. The highest BCUT2D eigenvalue weighted by Crippen LogP contribution is 2.26. The number of halogens is 2. The molecule has 0 aliphatic carbocycles. The van der Waals surface area contributed by atoms with Gasteiger partial charge in [0.1, 0.15) is 0 Å². The fraction of sp³-hybridized carbons (Fsp3) is 0.364. The highest BCUT2D eigenvalue weighted by atomic mass is 32.2. The molecule has 2 N–H and O–H groups in total. The molecule has 0 unspecified atom stereocenters. The van der Waals surface area contributed by atoms with Crippen molar-refractivity contribution in [3.63, 3.8) is 0 Å². The van der Waals surface area contributed by atoms with Crippen molar-refractivity contribution in [3.8, 4) is 0 Å². The number of benzene rings is 1. The summed E-state index contributed by atoms with van der Waals surface area (Å²) in [6.07, 6.45) is -0.227. The predicted octanol–water partition coefficient (Wildman–Crippen LogP) is 2.61. The maximum absolute atomic E-state index is 12.1. The Kier molecular flexibility index (Phi) is 6.21. The number of carbonyl (C=O) groups is 1. The normalized spacial score (nSPS) is 11.6. The topological polar surface area (TPSA) is 83.5 Å². The van der Waals surface area contributed by atoms with Crippen molar-refractivity contribution in [3.05, 3.63) is 24.3 Å². The standard InChI is InChI=1S/C11H13F2NO4S2/c12-11(13)19-9-5-3-8(4-6-9)14-20(17,18)7-1-2-10(15)16/h3-6,11,14H,1-2,7H2,(H,15,16). The summed E-state index contributed by atoms with van der Waals surface area (Å²) in [6, 6.07) is 5.51. The van der Waals surface area contributed by atoms with Crippen LogP contribution in [0.5, 0.6) is 0 Å². The van der Waals surface area contributed by atoms with Crippen molar-refractivity contribution in [2.45, 2.75) is 23.5 Å². The number of anilines is 1. The first kappa shape index (κ1) is 16.7. The van der Waals surface area contributed by atoms with Crippen molar-refractivity contribution in [1.82, 2.24) is 0 Å². The summed E-state index contributed by atoms with van der Waals surface area (Å²) in [5, 5.41) is 8.42. The van der Waals surface area contributed by atoms with Crippen LogP contribution >= 0.6 is 11.8 Å². The van der Waals surface area contributed by atoms with Crippen LogP contribution in [0, 0.1) is 0 Å². The molecule has 9 heteroatoms. The van der Waals surface area contributed by atoms with Crippen LogP contribution < -0.4 is 4.72 Å². The molecule has 0 radical (unpaired) electrons. The molecule has 0 saturated carbocycles. The molecular formula is C11H13F2NO4S2. The first-order valence-corrected chi connectivity index (χ1v) is 8.09. The van der Waals surface area contributed by atoms with Crippen molar-refractivity contribution in [2.24, 2.45) is 0 Å². The van der Waals surface area contributed by atoms with Gasteiger partial charge in [-0.25, -0.2) is 8.42 Å². The third kappa shape index (κ3) is 6.71. The summed E-state index contributed by atoms with van der Waals surface area (Å²) in [4.78, 5) is 10.6. The largest absolute Gasteiger partial charge is 0.481 e. The molecule has 112 valence electrons. The van der Waals surface area contributed by atoms with Gasteiger partial charge in [0.25, 0.3) is 5.76 Å². The Morgan fingerprint density at radius 1 is 1.30 bits per heavy atom. The average Bonchev–Trinajstić information content (AvgIpc) is 2.29. The van der Waals surface area contributed by atoms with Gasteiger partial charge in [-0.15, -0.1) is 0 Å². The van der Waals surface area contributed by atoms with Crippen LogP contribution in [-0.4, -0.2) is 31.0 Å². The van der Waals surface area contributed by atoms with E-state index in [0.29, 0.717) is 16.7 Å². The van der Waals surface area contributed by atoms with Crippen molar-refractivity contribution in [2.75, 3.05) is 10.5 Å². The SMILES string of the molecule is O=C(O)CCCS(=O)(=O)Nc1ccc(SC(F)F)cc1. The van der Waals surface area contributed by atoms with Gasteiger partial charge in [-0.05, 0) is 30.7 Å². The van der Waals surface area contributed by atoms with Crippen LogP contribution in [0.15, 0.2) is 29.2 Å². The Morgan fingerprint density at radius 3 is 2.40 bits per heavy atom. The lowest BCUT2D eigenvalue weighted by molar-refractivity contribution is -0.137. The zero-order valence-electron chi connectivity index (χ0n) is 10.3. The Bertz CT molecular complexity index is 546. The number of hydrogen-bond acceptors (Lipinski definition) is 4. The van der Waals surface area contributed by atoms with E-state index < -0.39 is 21.8 Å². The molecule has 5 nitrogen and oxygen atoms in total. The van der Waals surface area contributed by atoms with Crippen LogP contribution in [0.4, 0.5) is 14.5 Å². The van der Waals surface area contributed by atoms with E-state index in [4.69, 9.17) is 5.11 Å².